The van der Waals surface area contributed by atoms with Crippen molar-refractivity contribution in [3.8, 4) is 0 Å². The molecule has 3 N–H and O–H groups in total. The number of urea groups is 1. The van der Waals surface area contributed by atoms with E-state index in [0.717, 1.165) is 19.3 Å². The van der Waals surface area contributed by atoms with E-state index in [1.54, 1.807) is 0 Å². The van der Waals surface area contributed by atoms with Gasteiger partial charge in [0.05, 0.1) is 5.54 Å². The average Bonchev–Trinajstić information content (AvgIpc) is 2.43. The van der Waals surface area contributed by atoms with Crippen LogP contribution < -0.4 is 11.1 Å². The number of nitrogens with zero attached hydrogens (tertiary/aromatic N) is 1. The van der Waals surface area contributed by atoms with Gasteiger partial charge in [0.2, 0.25) is 0 Å². The van der Waals surface area contributed by atoms with Crippen LogP contribution in [-0.4, -0.2) is 17.4 Å². The Morgan fingerprint density at radius 2 is 2.50 bits per heavy atom. The molecule has 1 saturated carbocycles. The minimum Gasteiger partial charge on any atom is -0.385 e. The molecular weight excluding hydrogens is 154 g/mol. The van der Waals surface area contributed by atoms with Gasteiger partial charge in [0.25, 0.3) is 0 Å². The molecule has 4 heteroatoms. The summed E-state index contributed by atoms with van der Waals surface area (Å²) in [5, 5.41) is 2.84. The van der Waals surface area contributed by atoms with Gasteiger partial charge in [-0.05, 0) is 25.2 Å². The fourth-order valence-corrected chi connectivity index (χ4v) is 2.15. The number of amidine groups is 1. The fraction of sp³-hybridized carbons (Fsp3) is 0.750. The minimum atomic E-state index is -0.281. The zero-order valence-electron chi connectivity index (χ0n) is 7.13. The molecule has 0 aromatic carbocycles. The van der Waals surface area contributed by atoms with Crippen LogP contribution >= 0.6 is 0 Å². The number of rotatable bonds is 0. The molecule has 1 heterocycles. The zero-order valence-corrected chi connectivity index (χ0v) is 7.13. The predicted octanol–water partition coefficient (Wildman–Crippen LogP) is 0.626. The molecule has 4 nitrogen and oxygen atoms in total. The van der Waals surface area contributed by atoms with E-state index in [-0.39, 0.29) is 11.6 Å². The summed E-state index contributed by atoms with van der Waals surface area (Å²) in [5.41, 5.74) is 5.41. The number of amides is 2. The van der Waals surface area contributed by atoms with Gasteiger partial charge in [0.15, 0.2) is 0 Å². The molecule has 2 atom stereocenters. The third-order valence-corrected chi connectivity index (χ3v) is 2.82. The van der Waals surface area contributed by atoms with Gasteiger partial charge in [-0.2, -0.15) is 4.99 Å². The van der Waals surface area contributed by atoms with Gasteiger partial charge in [-0.1, -0.05) is 6.92 Å². The van der Waals surface area contributed by atoms with Crippen LogP contribution in [0.3, 0.4) is 0 Å². The second-order valence-corrected chi connectivity index (χ2v) is 3.86. The third kappa shape index (κ3) is 0.906. The van der Waals surface area contributed by atoms with Crippen LogP contribution in [0, 0.1) is 5.92 Å². The monoisotopic (exact) mass is 167 g/mol. The first-order chi connectivity index (χ1) is 5.62. The highest BCUT2D eigenvalue weighted by Gasteiger charge is 2.45. The number of carbonyl (C=O) groups excluding carboxylic acids is 1. The van der Waals surface area contributed by atoms with Gasteiger partial charge >= 0.3 is 6.03 Å². The molecule has 1 spiro atoms. The summed E-state index contributed by atoms with van der Waals surface area (Å²) in [6.07, 6.45) is 3.00. The Balaban J connectivity index is 2.24. The maximum absolute atomic E-state index is 10.9. The summed E-state index contributed by atoms with van der Waals surface area (Å²) in [6.45, 7) is 2.17. The Kier molecular flexibility index (Phi) is 1.40. The Bertz CT molecular complexity index is 261. The molecule has 0 radical (unpaired) electrons. The molecule has 66 valence electrons. The maximum Gasteiger partial charge on any atom is 0.343 e. The molecular formula is C8H13N3O. The summed E-state index contributed by atoms with van der Waals surface area (Å²) < 4.78 is 0. The molecule has 12 heavy (non-hydrogen) atoms. The van der Waals surface area contributed by atoms with Gasteiger partial charge in [-0.25, -0.2) is 4.79 Å². The van der Waals surface area contributed by atoms with Crippen molar-refractivity contribution in [2.45, 2.75) is 31.7 Å². The number of hydrogen-bond donors (Lipinski definition) is 2. The van der Waals surface area contributed by atoms with E-state index >= 15 is 0 Å². The second kappa shape index (κ2) is 2.21. The standard InChI is InChI=1S/C8H13N3O/c1-5-2-3-8(4-5)6(9)10-7(12)11-8/h5H,2-4H2,1H3,(H3,9,10,11,12). The first-order valence-electron chi connectivity index (χ1n) is 4.29. The van der Waals surface area contributed by atoms with E-state index in [2.05, 4.69) is 17.2 Å². The normalized spacial score (nSPS) is 40.2. The molecule has 0 bridgehead atoms. The quantitative estimate of drug-likeness (QED) is 0.555. The van der Waals surface area contributed by atoms with Crippen molar-refractivity contribution in [1.82, 2.24) is 5.32 Å². The minimum absolute atomic E-state index is 0.276. The van der Waals surface area contributed by atoms with Crippen LogP contribution in [0.2, 0.25) is 0 Å². The highest BCUT2D eigenvalue weighted by atomic mass is 16.2. The Morgan fingerprint density at radius 3 is 2.92 bits per heavy atom. The first kappa shape index (κ1) is 7.58. The summed E-state index contributed by atoms with van der Waals surface area (Å²) in [4.78, 5) is 14.6. The highest BCUT2D eigenvalue weighted by Crippen LogP contribution is 2.36. The van der Waals surface area contributed by atoms with E-state index in [1.807, 2.05) is 0 Å². The lowest BCUT2D eigenvalue weighted by molar-refractivity contribution is 0.246. The molecule has 2 unspecified atom stereocenters. The lowest BCUT2D eigenvalue weighted by atomic mass is 9.96. The van der Waals surface area contributed by atoms with Crippen molar-refractivity contribution in [2.75, 3.05) is 0 Å². The summed E-state index contributed by atoms with van der Waals surface area (Å²) in [6, 6.07) is -0.276. The zero-order chi connectivity index (χ0) is 8.77. The maximum atomic E-state index is 10.9. The molecule has 0 saturated heterocycles. The molecule has 0 aromatic rings. The second-order valence-electron chi connectivity index (χ2n) is 3.86. The van der Waals surface area contributed by atoms with Gasteiger partial charge in [0.1, 0.15) is 5.84 Å². The SMILES string of the molecule is CC1CCC2(C1)NC(=O)N=C2N. The fourth-order valence-electron chi connectivity index (χ4n) is 2.15. The molecule has 1 aliphatic heterocycles. The molecule has 2 rings (SSSR count). The molecule has 1 fully saturated rings. The number of nitrogens with two attached hydrogens (primary N) is 1. The predicted molar refractivity (Wildman–Crippen MR) is 45.9 cm³/mol. The lowest BCUT2D eigenvalue weighted by Gasteiger charge is -2.22. The summed E-state index contributed by atoms with van der Waals surface area (Å²) in [5.74, 6) is 1.12. The van der Waals surface area contributed by atoms with Crippen LogP contribution in [-0.2, 0) is 0 Å². The largest absolute Gasteiger partial charge is 0.385 e. The van der Waals surface area contributed by atoms with Gasteiger partial charge in [-0.15, -0.1) is 0 Å². The van der Waals surface area contributed by atoms with E-state index in [0.29, 0.717) is 11.8 Å². The van der Waals surface area contributed by atoms with E-state index in [1.165, 1.54) is 0 Å². The van der Waals surface area contributed by atoms with Gasteiger partial charge < -0.3 is 11.1 Å². The number of aliphatic imine (C=N–C) groups is 1. The molecule has 2 amide bonds. The number of nitrogens with one attached hydrogen (secondary N) is 1. The van der Waals surface area contributed by atoms with Gasteiger partial charge in [0, 0.05) is 0 Å². The summed E-state index contributed by atoms with van der Waals surface area (Å²) >= 11 is 0. The van der Waals surface area contributed by atoms with Crippen molar-refractivity contribution in [3.63, 3.8) is 0 Å². The Labute approximate surface area is 71.2 Å². The topological polar surface area (TPSA) is 67.5 Å². The summed E-state index contributed by atoms with van der Waals surface area (Å²) in [7, 11) is 0. The lowest BCUT2D eigenvalue weighted by Crippen LogP contribution is -2.49. The Hall–Kier alpha value is -1.06. The smallest absolute Gasteiger partial charge is 0.343 e. The average molecular weight is 167 g/mol. The van der Waals surface area contributed by atoms with Crippen LogP contribution in [0.1, 0.15) is 26.2 Å². The van der Waals surface area contributed by atoms with Gasteiger partial charge in [-0.3, -0.25) is 0 Å². The van der Waals surface area contributed by atoms with Crippen LogP contribution in [0.4, 0.5) is 4.79 Å². The molecule has 0 aromatic heterocycles. The first-order valence-corrected chi connectivity index (χ1v) is 4.29. The Morgan fingerprint density at radius 1 is 1.75 bits per heavy atom. The number of hydrogen-bond acceptors (Lipinski definition) is 2. The number of carbonyl (C=O) groups is 1. The van der Waals surface area contributed by atoms with Crippen molar-refractivity contribution in [3.05, 3.63) is 0 Å². The van der Waals surface area contributed by atoms with Crippen molar-refractivity contribution in [2.24, 2.45) is 16.6 Å². The highest BCUT2D eigenvalue weighted by molar-refractivity contribution is 6.05. The van der Waals surface area contributed by atoms with Crippen LogP contribution in [0.15, 0.2) is 4.99 Å². The van der Waals surface area contributed by atoms with E-state index in [9.17, 15) is 4.79 Å². The van der Waals surface area contributed by atoms with Crippen molar-refractivity contribution >= 4 is 11.9 Å². The third-order valence-electron chi connectivity index (χ3n) is 2.82. The van der Waals surface area contributed by atoms with Crippen molar-refractivity contribution in [1.29, 1.82) is 0 Å². The van der Waals surface area contributed by atoms with E-state index < -0.39 is 0 Å². The van der Waals surface area contributed by atoms with Crippen LogP contribution in [0.25, 0.3) is 0 Å². The molecule has 2 aliphatic rings. The van der Waals surface area contributed by atoms with Crippen LogP contribution in [0.5, 0.6) is 0 Å². The van der Waals surface area contributed by atoms with E-state index in [4.69, 9.17) is 5.73 Å². The van der Waals surface area contributed by atoms with Crippen molar-refractivity contribution < 1.29 is 4.79 Å². The molecule has 1 aliphatic carbocycles.